The van der Waals surface area contributed by atoms with E-state index < -0.39 is 0 Å². The fourth-order valence-corrected chi connectivity index (χ4v) is 2.60. The number of fused-ring (bicyclic) bond motifs is 1. The summed E-state index contributed by atoms with van der Waals surface area (Å²) in [7, 11) is 1.95. The predicted molar refractivity (Wildman–Crippen MR) is 78.2 cm³/mol. The summed E-state index contributed by atoms with van der Waals surface area (Å²) < 4.78 is 0. The van der Waals surface area contributed by atoms with Gasteiger partial charge in [-0.2, -0.15) is 0 Å². The number of benzene rings is 1. The van der Waals surface area contributed by atoms with Crippen molar-refractivity contribution >= 4 is 5.82 Å². The average Bonchev–Trinajstić information content (AvgIpc) is 2.48. The monoisotopic (exact) mass is 253 g/mol. The molecular formula is C16H19N3. The maximum Gasteiger partial charge on any atom is 0.128 e. The first kappa shape index (κ1) is 12.2. The number of aromatic nitrogens is 1. The summed E-state index contributed by atoms with van der Waals surface area (Å²) in [5.41, 5.74) is 4.13. The van der Waals surface area contributed by atoms with Crippen molar-refractivity contribution in [3.05, 3.63) is 59.3 Å². The van der Waals surface area contributed by atoms with Gasteiger partial charge in [0.2, 0.25) is 0 Å². The molecule has 1 aliphatic rings. The third-order valence-electron chi connectivity index (χ3n) is 3.64. The van der Waals surface area contributed by atoms with E-state index in [2.05, 4.69) is 51.6 Å². The summed E-state index contributed by atoms with van der Waals surface area (Å²) in [5, 5.41) is 3.14. The van der Waals surface area contributed by atoms with Crippen LogP contribution in [-0.4, -0.2) is 18.6 Å². The second-order valence-corrected chi connectivity index (χ2v) is 5.00. The van der Waals surface area contributed by atoms with E-state index in [-0.39, 0.29) is 0 Å². The molecule has 0 radical (unpaired) electrons. The van der Waals surface area contributed by atoms with Gasteiger partial charge < -0.3 is 10.2 Å². The summed E-state index contributed by atoms with van der Waals surface area (Å²) in [4.78, 5) is 6.93. The molecule has 0 saturated heterocycles. The maximum absolute atomic E-state index is 4.58. The van der Waals surface area contributed by atoms with Gasteiger partial charge in [-0.05, 0) is 36.2 Å². The van der Waals surface area contributed by atoms with E-state index in [4.69, 9.17) is 0 Å². The molecule has 3 rings (SSSR count). The Hall–Kier alpha value is -1.87. The lowest BCUT2D eigenvalue weighted by atomic mass is 10.00. The van der Waals surface area contributed by atoms with Crippen molar-refractivity contribution in [2.24, 2.45) is 0 Å². The summed E-state index contributed by atoms with van der Waals surface area (Å²) >= 11 is 0. The third kappa shape index (κ3) is 2.61. The molecule has 1 aromatic heterocycles. The summed E-state index contributed by atoms with van der Waals surface area (Å²) in [5.74, 6) is 1.08. The number of nitrogens with one attached hydrogen (secondary N) is 1. The highest BCUT2D eigenvalue weighted by molar-refractivity contribution is 5.44. The minimum absolute atomic E-state index is 0.871. The van der Waals surface area contributed by atoms with Crippen molar-refractivity contribution in [1.29, 1.82) is 0 Å². The molecule has 3 nitrogen and oxygen atoms in total. The number of rotatable bonds is 3. The quantitative estimate of drug-likeness (QED) is 0.910. The van der Waals surface area contributed by atoms with Crippen LogP contribution in [0, 0.1) is 0 Å². The van der Waals surface area contributed by atoms with Gasteiger partial charge in [-0.25, -0.2) is 4.98 Å². The molecule has 2 aromatic rings. The molecule has 0 spiro atoms. The second-order valence-electron chi connectivity index (χ2n) is 5.00. The molecule has 0 amide bonds. The van der Waals surface area contributed by atoms with Gasteiger partial charge in [0.15, 0.2) is 0 Å². The van der Waals surface area contributed by atoms with Crippen molar-refractivity contribution in [1.82, 2.24) is 10.3 Å². The highest BCUT2D eigenvalue weighted by Crippen LogP contribution is 2.22. The van der Waals surface area contributed by atoms with Crippen LogP contribution >= 0.6 is 0 Å². The van der Waals surface area contributed by atoms with Crippen molar-refractivity contribution in [3.8, 4) is 0 Å². The highest BCUT2D eigenvalue weighted by atomic mass is 15.2. The van der Waals surface area contributed by atoms with Crippen LogP contribution in [0.25, 0.3) is 0 Å². The van der Waals surface area contributed by atoms with Crippen LogP contribution in [0.3, 0.4) is 0 Å². The number of anilines is 1. The van der Waals surface area contributed by atoms with Crippen molar-refractivity contribution in [3.63, 3.8) is 0 Å². The van der Waals surface area contributed by atoms with Gasteiger partial charge in [-0.3, -0.25) is 0 Å². The van der Waals surface area contributed by atoms with Crippen molar-refractivity contribution in [2.45, 2.75) is 19.5 Å². The Balaban J connectivity index is 1.77. The van der Waals surface area contributed by atoms with E-state index in [1.54, 1.807) is 0 Å². The van der Waals surface area contributed by atoms with Gasteiger partial charge in [0.05, 0.1) is 0 Å². The normalized spacial score (nSPS) is 14.3. The molecule has 0 saturated carbocycles. The first-order valence-corrected chi connectivity index (χ1v) is 6.78. The molecule has 98 valence electrons. The summed E-state index contributed by atoms with van der Waals surface area (Å²) in [6, 6.07) is 13.0. The van der Waals surface area contributed by atoms with Crippen LogP contribution in [0.15, 0.2) is 42.6 Å². The SMILES string of the molecule is CNCc1ccc(N2CCc3ccccc3C2)nc1. The molecule has 0 atom stereocenters. The van der Waals surface area contributed by atoms with E-state index >= 15 is 0 Å². The van der Waals surface area contributed by atoms with Crippen molar-refractivity contribution < 1.29 is 0 Å². The van der Waals surface area contributed by atoms with Gasteiger partial charge in [0.25, 0.3) is 0 Å². The van der Waals surface area contributed by atoms with Gasteiger partial charge in [-0.1, -0.05) is 30.3 Å². The maximum atomic E-state index is 4.58. The Bertz CT molecular complexity index is 548. The van der Waals surface area contributed by atoms with Gasteiger partial charge in [0.1, 0.15) is 5.82 Å². The van der Waals surface area contributed by atoms with Crippen LogP contribution in [-0.2, 0) is 19.5 Å². The molecule has 0 bridgehead atoms. The van der Waals surface area contributed by atoms with E-state index in [9.17, 15) is 0 Å². The molecule has 1 aromatic carbocycles. The molecule has 0 unspecified atom stereocenters. The molecule has 2 heterocycles. The fourth-order valence-electron chi connectivity index (χ4n) is 2.60. The topological polar surface area (TPSA) is 28.2 Å². The Morgan fingerprint density at radius 3 is 2.74 bits per heavy atom. The number of nitrogens with zero attached hydrogens (tertiary/aromatic N) is 2. The minimum Gasteiger partial charge on any atom is -0.352 e. The molecular weight excluding hydrogens is 234 g/mol. The Kier molecular flexibility index (Phi) is 3.47. The van der Waals surface area contributed by atoms with Crippen LogP contribution in [0.2, 0.25) is 0 Å². The largest absolute Gasteiger partial charge is 0.352 e. The number of hydrogen-bond donors (Lipinski definition) is 1. The van der Waals surface area contributed by atoms with Crippen molar-refractivity contribution in [2.75, 3.05) is 18.5 Å². The lowest BCUT2D eigenvalue weighted by Crippen LogP contribution is -2.30. The number of hydrogen-bond acceptors (Lipinski definition) is 3. The average molecular weight is 253 g/mol. The first-order valence-electron chi connectivity index (χ1n) is 6.78. The number of pyridine rings is 1. The fraction of sp³-hybridized carbons (Fsp3) is 0.312. The highest BCUT2D eigenvalue weighted by Gasteiger charge is 2.16. The Morgan fingerprint density at radius 1 is 1.16 bits per heavy atom. The van der Waals surface area contributed by atoms with Gasteiger partial charge >= 0.3 is 0 Å². The van der Waals surface area contributed by atoms with E-state index in [0.717, 1.165) is 31.9 Å². The summed E-state index contributed by atoms with van der Waals surface area (Å²) in [6.45, 7) is 2.89. The Morgan fingerprint density at radius 2 is 2.00 bits per heavy atom. The van der Waals surface area contributed by atoms with Crippen LogP contribution in [0.4, 0.5) is 5.82 Å². The van der Waals surface area contributed by atoms with Gasteiger partial charge in [-0.15, -0.1) is 0 Å². The van der Waals surface area contributed by atoms with E-state index in [1.165, 1.54) is 16.7 Å². The molecule has 19 heavy (non-hydrogen) atoms. The zero-order valence-corrected chi connectivity index (χ0v) is 11.3. The lowest BCUT2D eigenvalue weighted by molar-refractivity contribution is 0.719. The standard InChI is InChI=1S/C16H19N3/c1-17-10-13-6-7-16(18-11-13)19-9-8-14-4-2-3-5-15(14)12-19/h2-7,11,17H,8-10,12H2,1H3. The van der Waals surface area contributed by atoms with E-state index in [1.807, 2.05) is 13.2 Å². The predicted octanol–water partition coefficient (Wildman–Crippen LogP) is 2.36. The smallest absolute Gasteiger partial charge is 0.128 e. The molecule has 1 N–H and O–H groups in total. The Labute approximate surface area is 114 Å². The van der Waals surface area contributed by atoms with E-state index in [0.29, 0.717) is 0 Å². The minimum atomic E-state index is 0.871. The van der Waals surface area contributed by atoms with Crippen LogP contribution < -0.4 is 10.2 Å². The summed E-state index contributed by atoms with van der Waals surface area (Å²) in [6.07, 6.45) is 3.07. The molecule has 0 fully saturated rings. The lowest BCUT2D eigenvalue weighted by Gasteiger charge is -2.29. The van der Waals surface area contributed by atoms with Crippen LogP contribution in [0.5, 0.6) is 0 Å². The molecule has 3 heteroatoms. The molecule has 0 aliphatic carbocycles. The third-order valence-corrected chi connectivity index (χ3v) is 3.64. The molecule has 1 aliphatic heterocycles. The zero-order chi connectivity index (χ0) is 13.1. The van der Waals surface area contributed by atoms with Gasteiger partial charge in [0, 0.05) is 25.8 Å². The second kappa shape index (κ2) is 5.41. The first-order chi connectivity index (χ1) is 9.36. The van der Waals surface area contributed by atoms with Crippen LogP contribution in [0.1, 0.15) is 16.7 Å². The zero-order valence-electron chi connectivity index (χ0n) is 11.3.